The van der Waals surface area contributed by atoms with Gasteiger partial charge in [0, 0.05) is 64.8 Å². The van der Waals surface area contributed by atoms with Crippen molar-refractivity contribution < 1.29 is 138 Å². The second kappa shape index (κ2) is 35.1. The normalized spacial score (nSPS) is 42.5. The van der Waals surface area contributed by atoms with Crippen LogP contribution in [0.25, 0.3) is 0 Å². The van der Waals surface area contributed by atoms with E-state index in [-0.39, 0.29) is 63.5 Å². The lowest BCUT2D eigenvalue weighted by Crippen LogP contribution is -2.81. The maximum atomic E-state index is 11.7. The van der Waals surface area contributed by atoms with Crippen LogP contribution in [0.4, 0.5) is 0 Å². The lowest BCUT2D eigenvalue weighted by molar-refractivity contribution is -0.482. The van der Waals surface area contributed by atoms with Crippen molar-refractivity contribution in [3.8, 4) is 17.2 Å². The van der Waals surface area contributed by atoms with Gasteiger partial charge in [0.2, 0.25) is 36.2 Å². The first-order valence-electron chi connectivity index (χ1n) is 36.4. The van der Waals surface area contributed by atoms with Gasteiger partial charge in [0.1, 0.15) is 98.8 Å². The van der Waals surface area contributed by atoms with E-state index >= 15 is 0 Å². The lowest BCUT2D eigenvalue weighted by Gasteiger charge is -2.60. The van der Waals surface area contributed by atoms with Gasteiger partial charge in [-0.2, -0.15) is 22.0 Å². The Labute approximate surface area is 645 Å². The van der Waals surface area contributed by atoms with Crippen LogP contribution in [0.1, 0.15) is 56.7 Å². The first-order chi connectivity index (χ1) is 51.9. The van der Waals surface area contributed by atoms with Crippen LogP contribution in [-0.2, 0) is 92.5 Å². The molecule has 9 fully saturated rings. The van der Waals surface area contributed by atoms with E-state index in [4.69, 9.17) is 56.1 Å². The Hall–Kier alpha value is -4.26. The highest BCUT2D eigenvalue weighted by Gasteiger charge is 2.72. The summed E-state index contributed by atoms with van der Waals surface area (Å²) in [6.07, 6.45) is -15.7. The van der Waals surface area contributed by atoms with Gasteiger partial charge < -0.3 is 164 Å². The third-order valence-electron chi connectivity index (χ3n) is 21.8. The minimum Gasteiger partial charge on any atom is -0.409 e. The smallest absolute Gasteiger partial charge is 0.380 e. The number of ether oxygens (including phenoxy) is 9. The summed E-state index contributed by atoms with van der Waals surface area (Å²) >= 11 is 0. The molecule has 0 amide bonds. The fourth-order valence-corrected chi connectivity index (χ4v) is 17.8. The summed E-state index contributed by atoms with van der Waals surface area (Å²) in [5, 5.41) is 167. The number of aliphatic hydroxyl groups excluding tert-OH is 6. The molecular formula is C69H112N10O29S3. The topological polar surface area (TPSA) is 573 Å². The molecule has 630 valence electrons. The summed E-state index contributed by atoms with van der Waals surface area (Å²) in [5.41, 5.74) is -3.17. The van der Waals surface area contributed by atoms with E-state index < -0.39 is 211 Å². The van der Waals surface area contributed by atoms with E-state index in [1.54, 1.807) is 112 Å². The van der Waals surface area contributed by atoms with Gasteiger partial charge in [0.15, 0.2) is 0 Å². The van der Waals surface area contributed by atoms with Crippen molar-refractivity contribution in [2.45, 2.75) is 241 Å². The highest BCUT2D eigenvalue weighted by molar-refractivity contribution is 7.95. The molecule has 111 heavy (non-hydrogen) atoms. The minimum absolute atomic E-state index is 0.00333. The van der Waals surface area contributed by atoms with Gasteiger partial charge in [-0.05, 0) is 122 Å². The van der Waals surface area contributed by atoms with Gasteiger partial charge in [-0.15, -0.1) is 0 Å². The second-order valence-corrected chi connectivity index (χ2v) is 34.9. The molecule has 23 N–H and O–H groups in total. The molecule has 12 rings (SSSR count). The fourth-order valence-electron chi connectivity index (χ4n) is 16.4. The van der Waals surface area contributed by atoms with Gasteiger partial charge in [-0.25, -0.2) is 4.21 Å². The summed E-state index contributed by atoms with van der Waals surface area (Å²) in [5.74, 6) is -2.76. The maximum absolute atomic E-state index is 11.7. The third kappa shape index (κ3) is 19.0. The van der Waals surface area contributed by atoms with Crippen LogP contribution in [0.15, 0.2) is 72.8 Å². The van der Waals surface area contributed by atoms with Crippen LogP contribution < -0.4 is 65.5 Å². The molecule has 6 saturated heterocycles. The number of hydrogen-bond acceptors (Lipinski definition) is 38. The predicted molar refractivity (Wildman–Crippen MR) is 394 cm³/mol. The van der Waals surface area contributed by atoms with Gasteiger partial charge >= 0.3 is 20.4 Å². The van der Waals surface area contributed by atoms with Crippen molar-refractivity contribution in [3.05, 3.63) is 89.5 Å². The zero-order valence-corrected chi connectivity index (χ0v) is 65.9. The standard InChI is InChI=1S/C24H39N3O9S.C23H37N3O10S.C22H36N4O10S/c1-13-10-23(30,12-27-11-14-6-8-15(9-7-14)36-37(4,5)32)24(31)22(33-13)34-21-19(29)16(25-2)18(28)17(26-3)20(21)35-24;1-12-9-22(29,11-26-10-13-5-7-14(8-6-13)36-37(4,31)32)23(30)21(33-12)34-20-18(28)15(24-2)17(27)16(25-3)19(20)35-23;1-11-8-21(29,10-26-9-12-4-6-13(7-5-12)36-37(23,31)32)22(30)20(33-11)34-19-17(28)14(24-2)16(27)15(25-3)18(19)35-22/h6-9,13,16-22,25-31H,4,10-12H2,1-3,5H3;5-8,12,15-21,24-30H,9-11H2,1-4H3;4-7,11,14-20,24-30H,8-10H2,1-3H3,(H2,23,31,32)/t13-,16-,17+,18+,19+,20-,21-,22+,23-,24-,37?;12-,15-,16+,17+,18+,19-,20-,21+,22-,23-;11-,14-,15+,16+,17+,18-,19-,20+,21-,22-/m111/s1. The molecule has 3 saturated carbocycles. The van der Waals surface area contributed by atoms with Gasteiger partial charge in [-0.3, -0.25) is 0 Å². The molecule has 3 aliphatic carbocycles. The van der Waals surface area contributed by atoms with Gasteiger partial charge in [-0.1, -0.05) is 36.4 Å². The molecule has 0 bridgehead atoms. The Morgan fingerprint density at radius 1 is 0.396 bits per heavy atom. The van der Waals surface area contributed by atoms with Crippen LogP contribution in [0.5, 0.6) is 17.2 Å². The fraction of sp³-hybridized carbons (Fsp3) is 0.725. The average Bonchev–Trinajstić information content (AvgIpc) is 0.724. The van der Waals surface area contributed by atoms with Crippen molar-refractivity contribution in [2.75, 3.05) is 74.4 Å². The zero-order chi connectivity index (χ0) is 81.5. The molecule has 6 heterocycles. The van der Waals surface area contributed by atoms with E-state index in [1.807, 2.05) is 0 Å². The number of benzene rings is 3. The number of aliphatic hydroxyl groups is 12. The Morgan fingerprint density at radius 2 is 0.649 bits per heavy atom. The molecule has 0 spiro atoms. The monoisotopic (exact) mass is 1640 g/mol. The van der Waals surface area contributed by atoms with Gasteiger partial charge in [0.25, 0.3) is 0 Å². The van der Waals surface area contributed by atoms with E-state index in [2.05, 4.69) is 57.9 Å². The first-order valence-corrected chi connectivity index (χ1v) is 41.7. The third-order valence-corrected chi connectivity index (χ3v) is 23.3. The largest absolute Gasteiger partial charge is 0.409 e. The highest BCUT2D eigenvalue weighted by atomic mass is 32.2. The summed E-state index contributed by atoms with van der Waals surface area (Å²) in [6, 6.07) is 15.1. The molecule has 39 nitrogen and oxygen atoms in total. The van der Waals surface area contributed by atoms with Crippen molar-refractivity contribution in [1.29, 1.82) is 0 Å². The summed E-state index contributed by atoms with van der Waals surface area (Å²) in [7, 11) is -0.694. The number of fused-ring (bicyclic) bond motifs is 6. The molecular weight excluding hydrogens is 1530 g/mol. The summed E-state index contributed by atoms with van der Waals surface area (Å²) < 4.78 is 125. The van der Waals surface area contributed by atoms with E-state index in [0.29, 0.717) is 12.3 Å². The number of likely N-dealkylation sites (N-methyl/N-ethyl adjacent to an activating group) is 6. The van der Waals surface area contributed by atoms with Crippen LogP contribution in [-0.4, -0.2) is 343 Å². The molecule has 3 aromatic rings. The molecule has 42 heteroatoms. The molecule has 0 aromatic heterocycles. The molecule has 6 aliphatic heterocycles. The Balaban J connectivity index is 0.000000177. The quantitative estimate of drug-likeness (QED) is 0.0293. The first kappa shape index (κ1) is 89.1. The number of nitrogens with two attached hydrogens (primary N) is 1. The van der Waals surface area contributed by atoms with Crippen molar-refractivity contribution in [1.82, 2.24) is 47.9 Å². The van der Waals surface area contributed by atoms with Crippen LogP contribution >= 0.6 is 0 Å². The average molecular weight is 1640 g/mol. The van der Waals surface area contributed by atoms with Gasteiger partial charge in [0.05, 0.1) is 79.1 Å². The molecule has 0 radical (unpaired) electrons. The van der Waals surface area contributed by atoms with E-state index in [9.17, 15) is 82.3 Å². The predicted octanol–water partition coefficient (Wildman–Crippen LogP) is -8.36. The number of rotatable bonds is 24. The Kier molecular flexibility index (Phi) is 28.2. The maximum Gasteiger partial charge on any atom is 0.380 e. The SMILES string of the molecule is C=S(C)(=O)Oc1ccc(CNC[C@]2(O)C[C@@H](C)O[C@H]3O[C@@H]4[C@@H](O)[C@H](NC)[C@H](O)[C@H](NC)[C@H]4O[C@]32O)cc1.CN[C@@H]1[C@H](O)[C@H](NC)[C@H]2O[C@]3(O)[C@H](O[C@@H]2[C@H]1O)O[C@H](C)C[C@@]3(O)CNCc1ccc(OS(C)(=O)=O)cc1.CN[C@@H]1[C@H](O)[C@H](NC)[C@H]2O[C@]3(O)[C@H](O[C@@H]2[C@H]1O)O[C@H](C)C[C@@]3(O)CNCc1ccc(OS(N)(=O)=O)cc1. The number of hydrogen-bond donors (Lipinski definition) is 22. The van der Waals surface area contributed by atoms with E-state index in [0.717, 1.165) is 22.9 Å². The molecule has 9 aliphatic rings. The molecule has 1 unspecified atom stereocenters. The minimum atomic E-state index is -4.13. The van der Waals surface area contributed by atoms with Crippen molar-refractivity contribution >= 4 is 36.1 Å². The summed E-state index contributed by atoms with van der Waals surface area (Å²) in [6.45, 7) is 5.78. The van der Waals surface area contributed by atoms with Crippen LogP contribution in [0.2, 0.25) is 0 Å². The van der Waals surface area contributed by atoms with Crippen molar-refractivity contribution in [2.24, 2.45) is 5.14 Å². The van der Waals surface area contributed by atoms with E-state index in [1.165, 1.54) is 30.5 Å². The molecule has 3 aromatic carbocycles. The zero-order valence-electron chi connectivity index (χ0n) is 63.5. The summed E-state index contributed by atoms with van der Waals surface area (Å²) in [4.78, 5) is 0. The van der Waals surface area contributed by atoms with Crippen LogP contribution in [0.3, 0.4) is 0 Å². The lowest BCUT2D eigenvalue weighted by atomic mass is 9.77. The Morgan fingerprint density at radius 3 is 0.883 bits per heavy atom. The van der Waals surface area contributed by atoms with Crippen LogP contribution in [0, 0.1) is 0 Å². The molecule has 31 atom stereocenters. The number of nitrogens with one attached hydrogen (secondary N) is 9. The Bertz CT molecular complexity index is 3530. The highest BCUT2D eigenvalue weighted by Crippen LogP contribution is 2.50. The second-order valence-electron chi connectivity index (χ2n) is 30.1. The van der Waals surface area contributed by atoms with Crippen molar-refractivity contribution in [3.63, 3.8) is 0 Å².